The molecule has 4 rings (SSSR count). The SMILES string of the molecule is COC(=O)C(=O)C12CC(CCC1C(=O)c1ccc(C)cn1)N2. The van der Waals surface area contributed by atoms with Gasteiger partial charge in [0, 0.05) is 12.2 Å². The molecule has 2 saturated heterocycles. The smallest absolute Gasteiger partial charge is 0.376 e. The highest BCUT2D eigenvalue weighted by Crippen LogP contribution is 2.44. The topological polar surface area (TPSA) is 85.4 Å². The lowest BCUT2D eigenvalue weighted by Crippen LogP contribution is -2.76. The van der Waals surface area contributed by atoms with Gasteiger partial charge in [0.05, 0.1) is 13.0 Å². The number of aromatic nitrogens is 1. The summed E-state index contributed by atoms with van der Waals surface area (Å²) in [5.41, 5.74) is 0.182. The molecule has 2 aliphatic heterocycles. The van der Waals surface area contributed by atoms with Gasteiger partial charge < -0.3 is 10.1 Å². The largest absolute Gasteiger partial charge is 0.463 e. The van der Waals surface area contributed by atoms with Crippen molar-refractivity contribution in [1.82, 2.24) is 10.3 Å². The number of methoxy groups -OCH3 is 1. The molecule has 3 atom stereocenters. The van der Waals surface area contributed by atoms with Gasteiger partial charge in [0.25, 0.3) is 5.78 Å². The number of rotatable bonds is 4. The highest BCUT2D eigenvalue weighted by molar-refractivity contribution is 6.38. The summed E-state index contributed by atoms with van der Waals surface area (Å²) >= 11 is 0. The Morgan fingerprint density at radius 3 is 2.64 bits per heavy atom. The van der Waals surface area contributed by atoms with E-state index in [1.165, 1.54) is 7.11 Å². The zero-order valence-electron chi connectivity index (χ0n) is 12.6. The van der Waals surface area contributed by atoms with E-state index in [4.69, 9.17) is 0 Å². The number of aryl methyl sites for hydroxylation is 1. The average Bonchev–Trinajstić information content (AvgIpc) is 2.52. The van der Waals surface area contributed by atoms with E-state index in [0.717, 1.165) is 12.0 Å². The minimum Gasteiger partial charge on any atom is -0.463 e. The van der Waals surface area contributed by atoms with Gasteiger partial charge in [-0.25, -0.2) is 4.79 Å². The second-order valence-electron chi connectivity index (χ2n) is 6.05. The monoisotopic (exact) mass is 302 g/mol. The third-order valence-electron chi connectivity index (χ3n) is 4.69. The van der Waals surface area contributed by atoms with Gasteiger partial charge in [0.2, 0.25) is 0 Å². The quantitative estimate of drug-likeness (QED) is 0.503. The number of hydrogen-bond donors (Lipinski definition) is 1. The standard InChI is InChI=1S/C16H18N2O4/c1-9-3-6-12(17-8-9)13(19)11-5-4-10-7-16(11,18-10)14(20)15(21)22-2/h3,6,8,10-11,18H,4-5,7H2,1-2H3. The van der Waals surface area contributed by atoms with Crippen LogP contribution in [0.3, 0.4) is 0 Å². The summed E-state index contributed by atoms with van der Waals surface area (Å²) in [4.78, 5) is 40.9. The molecule has 22 heavy (non-hydrogen) atoms. The first-order chi connectivity index (χ1) is 10.5. The zero-order valence-corrected chi connectivity index (χ0v) is 12.6. The number of ether oxygens (including phenoxy) is 1. The molecule has 1 aromatic heterocycles. The lowest BCUT2D eigenvalue weighted by Gasteiger charge is -2.55. The molecule has 3 fully saturated rings. The number of pyridine rings is 1. The van der Waals surface area contributed by atoms with E-state index < -0.39 is 23.2 Å². The number of carbonyl (C=O) groups excluding carboxylic acids is 3. The van der Waals surface area contributed by atoms with Gasteiger partial charge in [-0.2, -0.15) is 0 Å². The molecular formula is C16H18N2O4. The number of Topliss-reactive ketones (excluding diaryl/α,β-unsaturated/α-hetero) is 2. The maximum absolute atomic E-state index is 12.8. The fourth-order valence-electron chi connectivity index (χ4n) is 3.50. The van der Waals surface area contributed by atoms with Crippen LogP contribution in [0.2, 0.25) is 0 Å². The molecule has 116 valence electrons. The highest BCUT2D eigenvalue weighted by Gasteiger charge is 2.61. The van der Waals surface area contributed by atoms with Crippen LogP contribution in [0.25, 0.3) is 0 Å². The predicted octanol–water partition coefficient (Wildman–Crippen LogP) is 0.826. The van der Waals surface area contributed by atoms with Crippen LogP contribution in [-0.2, 0) is 14.3 Å². The van der Waals surface area contributed by atoms with Crippen molar-refractivity contribution in [2.24, 2.45) is 5.92 Å². The molecule has 6 nitrogen and oxygen atoms in total. The molecule has 6 heteroatoms. The number of piperidine rings is 1. The molecule has 1 N–H and O–H groups in total. The van der Waals surface area contributed by atoms with E-state index in [1.807, 2.05) is 13.0 Å². The summed E-state index contributed by atoms with van der Waals surface area (Å²) in [7, 11) is 1.17. The molecule has 2 bridgehead atoms. The number of nitrogens with one attached hydrogen (secondary N) is 1. The van der Waals surface area contributed by atoms with Crippen LogP contribution in [0.15, 0.2) is 18.3 Å². The normalized spacial score (nSPS) is 29.4. The van der Waals surface area contributed by atoms with Gasteiger partial charge in [0.1, 0.15) is 11.2 Å². The lowest BCUT2D eigenvalue weighted by molar-refractivity contribution is -0.160. The number of nitrogens with zero attached hydrogens (tertiary/aromatic N) is 1. The van der Waals surface area contributed by atoms with Gasteiger partial charge in [-0.15, -0.1) is 0 Å². The van der Waals surface area contributed by atoms with E-state index in [2.05, 4.69) is 15.0 Å². The molecule has 3 heterocycles. The summed E-state index contributed by atoms with van der Waals surface area (Å²) in [6, 6.07) is 3.68. The Morgan fingerprint density at radius 2 is 2.05 bits per heavy atom. The molecule has 1 aliphatic carbocycles. The van der Waals surface area contributed by atoms with Crippen molar-refractivity contribution in [1.29, 1.82) is 0 Å². The Morgan fingerprint density at radius 1 is 1.32 bits per heavy atom. The number of ketones is 2. The molecule has 1 saturated carbocycles. The van der Waals surface area contributed by atoms with Crippen molar-refractivity contribution >= 4 is 17.5 Å². The van der Waals surface area contributed by atoms with Crippen molar-refractivity contribution < 1.29 is 19.1 Å². The van der Waals surface area contributed by atoms with Gasteiger partial charge in [-0.05, 0) is 37.8 Å². The second-order valence-corrected chi connectivity index (χ2v) is 6.05. The Labute approximate surface area is 128 Å². The van der Waals surface area contributed by atoms with Crippen molar-refractivity contribution in [3.8, 4) is 0 Å². The van der Waals surface area contributed by atoms with Crippen LogP contribution >= 0.6 is 0 Å². The number of esters is 1. The first kappa shape index (κ1) is 14.8. The van der Waals surface area contributed by atoms with Crippen molar-refractivity contribution in [2.75, 3.05) is 7.11 Å². The third-order valence-corrected chi connectivity index (χ3v) is 4.69. The number of hydrogen-bond acceptors (Lipinski definition) is 6. The predicted molar refractivity (Wildman–Crippen MR) is 77.3 cm³/mol. The lowest BCUT2D eigenvalue weighted by atomic mass is 9.60. The fourth-order valence-corrected chi connectivity index (χ4v) is 3.50. The Hall–Kier alpha value is -2.08. The summed E-state index contributed by atoms with van der Waals surface area (Å²) in [5, 5.41) is 3.12. The Bertz CT molecular complexity index is 632. The molecular weight excluding hydrogens is 284 g/mol. The van der Waals surface area contributed by atoms with E-state index in [1.54, 1.807) is 12.3 Å². The first-order valence-corrected chi connectivity index (χ1v) is 7.35. The van der Waals surface area contributed by atoms with Gasteiger partial charge in [-0.1, -0.05) is 6.07 Å². The van der Waals surface area contributed by atoms with E-state index in [0.29, 0.717) is 18.5 Å². The second kappa shape index (κ2) is 5.28. The average molecular weight is 302 g/mol. The maximum Gasteiger partial charge on any atom is 0.376 e. The van der Waals surface area contributed by atoms with Crippen LogP contribution in [0.5, 0.6) is 0 Å². The molecule has 0 aromatic carbocycles. The molecule has 0 spiro atoms. The Kier molecular flexibility index (Phi) is 3.56. The Balaban J connectivity index is 1.90. The third kappa shape index (κ3) is 2.14. The van der Waals surface area contributed by atoms with E-state index in [-0.39, 0.29) is 11.8 Å². The summed E-state index contributed by atoms with van der Waals surface area (Å²) in [6.07, 6.45) is 3.53. The van der Waals surface area contributed by atoms with Crippen LogP contribution in [0.4, 0.5) is 0 Å². The minimum atomic E-state index is -1.11. The van der Waals surface area contributed by atoms with Crippen LogP contribution in [-0.4, -0.2) is 41.2 Å². The van der Waals surface area contributed by atoms with Gasteiger partial charge in [-0.3, -0.25) is 14.6 Å². The molecule has 3 aliphatic rings. The van der Waals surface area contributed by atoms with Crippen molar-refractivity contribution in [3.63, 3.8) is 0 Å². The number of fused-ring (bicyclic) bond motifs is 2. The van der Waals surface area contributed by atoms with Crippen molar-refractivity contribution in [3.05, 3.63) is 29.6 Å². The van der Waals surface area contributed by atoms with E-state index >= 15 is 0 Å². The molecule has 0 amide bonds. The molecule has 0 radical (unpaired) electrons. The first-order valence-electron chi connectivity index (χ1n) is 7.35. The molecule has 1 aromatic rings. The fraction of sp³-hybridized carbons (Fsp3) is 0.500. The van der Waals surface area contributed by atoms with Crippen LogP contribution < -0.4 is 5.32 Å². The van der Waals surface area contributed by atoms with Gasteiger partial charge >= 0.3 is 5.97 Å². The van der Waals surface area contributed by atoms with Crippen LogP contribution in [0, 0.1) is 12.8 Å². The van der Waals surface area contributed by atoms with E-state index in [9.17, 15) is 14.4 Å². The summed E-state index contributed by atoms with van der Waals surface area (Å²) in [5.74, 6) is -2.32. The summed E-state index contributed by atoms with van der Waals surface area (Å²) in [6.45, 7) is 1.89. The van der Waals surface area contributed by atoms with Gasteiger partial charge in [0.15, 0.2) is 5.78 Å². The number of carbonyl (C=O) groups is 3. The highest BCUT2D eigenvalue weighted by atomic mass is 16.5. The minimum absolute atomic E-state index is 0.192. The molecule has 3 unspecified atom stereocenters. The summed E-state index contributed by atoms with van der Waals surface area (Å²) < 4.78 is 4.55. The zero-order chi connectivity index (χ0) is 15.9. The van der Waals surface area contributed by atoms with Crippen LogP contribution in [0.1, 0.15) is 35.3 Å². The van der Waals surface area contributed by atoms with Crippen molar-refractivity contribution in [2.45, 2.75) is 37.8 Å². The maximum atomic E-state index is 12.8.